The fraction of sp³-hybridized carbons (Fsp3) is 0.462. The zero-order valence-electron chi connectivity index (χ0n) is 10.3. The third kappa shape index (κ3) is 2.18. The molecule has 2 unspecified atom stereocenters. The molecule has 1 fully saturated rings. The van der Waals surface area contributed by atoms with Gasteiger partial charge < -0.3 is 15.5 Å². The topological polar surface area (TPSA) is 69.6 Å². The van der Waals surface area contributed by atoms with Crippen LogP contribution < -0.4 is 5.32 Å². The van der Waals surface area contributed by atoms with Crippen LogP contribution in [0.5, 0.6) is 5.75 Å². The molecule has 0 bridgehead atoms. The highest BCUT2D eigenvalue weighted by molar-refractivity contribution is 6.31. The Hall–Kier alpha value is -1.26. The summed E-state index contributed by atoms with van der Waals surface area (Å²) in [6.07, 6.45) is 0.491. The first kappa shape index (κ1) is 13.2. The summed E-state index contributed by atoms with van der Waals surface area (Å²) >= 11 is 6.00. The molecule has 2 rings (SSSR count). The zero-order chi connectivity index (χ0) is 13.4. The zero-order valence-corrected chi connectivity index (χ0v) is 11.1. The quantitative estimate of drug-likeness (QED) is 0.771. The highest BCUT2D eigenvalue weighted by Crippen LogP contribution is 2.39. The first-order valence-corrected chi connectivity index (χ1v) is 6.24. The number of rotatable bonds is 2. The fourth-order valence-corrected chi connectivity index (χ4v) is 2.71. The van der Waals surface area contributed by atoms with Gasteiger partial charge in [0.25, 0.3) is 0 Å². The lowest BCUT2D eigenvalue weighted by Crippen LogP contribution is -2.17. The van der Waals surface area contributed by atoms with Gasteiger partial charge >= 0.3 is 5.97 Å². The maximum absolute atomic E-state index is 10.9. The van der Waals surface area contributed by atoms with Gasteiger partial charge in [-0.1, -0.05) is 11.6 Å². The molecule has 1 aromatic rings. The summed E-state index contributed by atoms with van der Waals surface area (Å²) in [6.45, 7) is 4.06. The van der Waals surface area contributed by atoms with Gasteiger partial charge in [0.1, 0.15) is 5.75 Å². The van der Waals surface area contributed by atoms with E-state index in [0.717, 1.165) is 11.1 Å². The van der Waals surface area contributed by atoms with Gasteiger partial charge in [-0.25, -0.2) is 0 Å². The van der Waals surface area contributed by atoms with Gasteiger partial charge in [0, 0.05) is 28.7 Å². The van der Waals surface area contributed by atoms with Crippen molar-refractivity contribution in [3.05, 3.63) is 27.8 Å². The van der Waals surface area contributed by atoms with Gasteiger partial charge in [0.05, 0.1) is 5.92 Å². The van der Waals surface area contributed by atoms with E-state index in [4.69, 9.17) is 16.7 Å². The lowest BCUT2D eigenvalue weighted by atomic mass is 9.94. The van der Waals surface area contributed by atoms with Crippen LogP contribution in [0.25, 0.3) is 0 Å². The van der Waals surface area contributed by atoms with Crippen molar-refractivity contribution < 1.29 is 15.0 Å². The summed E-state index contributed by atoms with van der Waals surface area (Å²) < 4.78 is 0. The van der Waals surface area contributed by atoms with Crippen molar-refractivity contribution in [1.82, 2.24) is 5.32 Å². The Kier molecular flexibility index (Phi) is 3.50. The predicted octanol–water partition coefficient (Wildman–Crippen LogP) is 2.40. The number of aryl methyl sites for hydroxylation is 1. The van der Waals surface area contributed by atoms with Crippen molar-refractivity contribution in [3.8, 4) is 5.75 Å². The number of carboxylic acid groups (broad SMARTS) is 1. The van der Waals surface area contributed by atoms with E-state index in [1.54, 1.807) is 6.92 Å². The maximum atomic E-state index is 10.9. The summed E-state index contributed by atoms with van der Waals surface area (Å²) in [5.74, 6) is -1.03. The molecular formula is C13H16ClNO3. The molecule has 98 valence electrons. The summed E-state index contributed by atoms with van der Waals surface area (Å²) in [6, 6.07) is 1.68. The van der Waals surface area contributed by atoms with Crippen molar-refractivity contribution in [1.29, 1.82) is 0 Å². The fourth-order valence-electron chi connectivity index (χ4n) is 2.46. The first-order valence-electron chi connectivity index (χ1n) is 5.86. The van der Waals surface area contributed by atoms with E-state index in [9.17, 15) is 9.90 Å². The molecular weight excluding hydrogens is 254 g/mol. The number of carboxylic acids is 1. The number of aliphatic carboxylic acids is 1. The number of hydrogen-bond donors (Lipinski definition) is 3. The molecule has 0 saturated carbocycles. The second kappa shape index (κ2) is 4.78. The van der Waals surface area contributed by atoms with Crippen LogP contribution in [0.3, 0.4) is 0 Å². The standard InChI is InChI=1S/C13H16ClNO3/c1-6-3-9(14)7(2)12(16)11(6)10-4-8(5-15-10)13(17)18/h3,8,10,15-16H,4-5H2,1-2H3,(H,17,18). The molecule has 3 N–H and O–H groups in total. The molecule has 0 aromatic heterocycles. The van der Waals surface area contributed by atoms with Crippen LogP contribution in [0.15, 0.2) is 6.07 Å². The first-order chi connectivity index (χ1) is 8.41. The molecule has 18 heavy (non-hydrogen) atoms. The van der Waals surface area contributed by atoms with Crippen molar-refractivity contribution >= 4 is 17.6 Å². The average Bonchev–Trinajstić information content (AvgIpc) is 2.75. The molecule has 0 aliphatic carbocycles. The Morgan fingerprint density at radius 1 is 1.50 bits per heavy atom. The molecule has 5 heteroatoms. The summed E-state index contributed by atoms with van der Waals surface area (Å²) in [7, 11) is 0. The van der Waals surface area contributed by atoms with E-state index < -0.39 is 11.9 Å². The van der Waals surface area contributed by atoms with Gasteiger partial charge in [0.2, 0.25) is 0 Å². The Morgan fingerprint density at radius 2 is 2.17 bits per heavy atom. The molecule has 1 heterocycles. The van der Waals surface area contributed by atoms with Gasteiger partial charge in [-0.3, -0.25) is 4.79 Å². The molecule has 4 nitrogen and oxygen atoms in total. The van der Waals surface area contributed by atoms with Crippen LogP contribution in [0.4, 0.5) is 0 Å². The number of carbonyl (C=O) groups is 1. The van der Waals surface area contributed by atoms with E-state index in [2.05, 4.69) is 5.32 Å². The number of benzene rings is 1. The van der Waals surface area contributed by atoms with E-state index in [0.29, 0.717) is 23.6 Å². The molecule has 1 aliphatic rings. The molecule has 0 spiro atoms. The Bertz CT molecular complexity index is 501. The highest BCUT2D eigenvalue weighted by Gasteiger charge is 2.32. The van der Waals surface area contributed by atoms with Crippen LogP contribution >= 0.6 is 11.6 Å². The predicted molar refractivity (Wildman–Crippen MR) is 69.1 cm³/mol. The lowest BCUT2D eigenvalue weighted by molar-refractivity contribution is -0.141. The maximum Gasteiger partial charge on any atom is 0.307 e. The SMILES string of the molecule is Cc1cc(Cl)c(C)c(O)c1C1CC(C(=O)O)CN1. The van der Waals surface area contributed by atoms with Crippen LogP contribution in [0, 0.1) is 19.8 Å². The van der Waals surface area contributed by atoms with Crippen molar-refractivity contribution in [3.63, 3.8) is 0 Å². The van der Waals surface area contributed by atoms with E-state index in [-0.39, 0.29) is 11.8 Å². The monoisotopic (exact) mass is 269 g/mol. The van der Waals surface area contributed by atoms with Crippen molar-refractivity contribution in [2.75, 3.05) is 6.54 Å². The molecule has 1 aliphatic heterocycles. The second-order valence-corrected chi connectivity index (χ2v) is 5.20. The van der Waals surface area contributed by atoms with E-state index in [1.807, 2.05) is 13.0 Å². The molecule has 1 aromatic carbocycles. The third-order valence-corrected chi connectivity index (χ3v) is 3.96. The minimum atomic E-state index is -0.798. The minimum absolute atomic E-state index is 0.123. The number of phenolic OH excluding ortho intramolecular Hbond substituents is 1. The third-order valence-electron chi connectivity index (χ3n) is 3.57. The van der Waals surface area contributed by atoms with E-state index >= 15 is 0 Å². The number of halogens is 1. The Balaban J connectivity index is 2.36. The smallest absolute Gasteiger partial charge is 0.307 e. The number of aromatic hydroxyl groups is 1. The van der Waals surface area contributed by atoms with Gasteiger partial charge in [-0.05, 0) is 31.9 Å². The second-order valence-electron chi connectivity index (χ2n) is 4.79. The van der Waals surface area contributed by atoms with Gasteiger partial charge in [-0.15, -0.1) is 0 Å². The molecule has 2 atom stereocenters. The molecule has 1 saturated heterocycles. The van der Waals surface area contributed by atoms with E-state index in [1.165, 1.54) is 0 Å². The minimum Gasteiger partial charge on any atom is -0.507 e. The lowest BCUT2D eigenvalue weighted by Gasteiger charge is -2.18. The highest BCUT2D eigenvalue weighted by atomic mass is 35.5. The molecule has 0 amide bonds. The van der Waals surface area contributed by atoms with Crippen molar-refractivity contribution in [2.45, 2.75) is 26.3 Å². The Labute approximate surface area is 111 Å². The number of phenols is 1. The van der Waals surface area contributed by atoms with Crippen LogP contribution in [0.1, 0.15) is 29.2 Å². The van der Waals surface area contributed by atoms with Crippen LogP contribution in [-0.4, -0.2) is 22.7 Å². The summed E-state index contributed by atoms with van der Waals surface area (Å²) in [4.78, 5) is 10.9. The Morgan fingerprint density at radius 3 is 2.72 bits per heavy atom. The summed E-state index contributed by atoms with van der Waals surface area (Å²) in [5.41, 5.74) is 2.28. The van der Waals surface area contributed by atoms with Gasteiger partial charge in [-0.2, -0.15) is 0 Å². The normalized spacial score (nSPS) is 23.3. The van der Waals surface area contributed by atoms with Crippen LogP contribution in [0.2, 0.25) is 5.02 Å². The largest absolute Gasteiger partial charge is 0.507 e. The number of hydrogen-bond acceptors (Lipinski definition) is 3. The van der Waals surface area contributed by atoms with Gasteiger partial charge in [0.15, 0.2) is 0 Å². The van der Waals surface area contributed by atoms with Crippen molar-refractivity contribution in [2.24, 2.45) is 5.92 Å². The number of nitrogens with one attached hydrogen (secondary N) is 1. The average molecular weight is 270 g/mol. The molecule has 0 radical (unpaired) electrons. The van der Waals surface area contributed by atoms with Crippen LogP contribution in [-0.2, 0) is 4.79 Å². The summed E-state index contributed by atoms with van der Waals surface area (Å²) in [5, 5.41) is 22.8.